The first kappa shape index (κ1) is 21.0. The molecule has 7 nitrogen and oxygen atoms in total. The van der Waals surface area contributed by atoms with Gasteiger partial charge in [-0.3, -0.25) is 14.0 Å². The van der Waals surface area contributed by atoms with Crippen molar-refractivity contribution in [2.24, 2.45) is 7.05 Å². The Morgan fingerprint density at radius 3 is 2.76 bits per heavy atom. The number of benzene rings is 2. The Morgan fingerprint density at radius 1 is 1.31 bits per heavy atom. The van der Waals surface area contributed by atoms with Gasteiger partial charge in [-0.1, -0.05) is 35.9 Å². The number of amides is 1. The van der Waals surface area contributed by atoms with Crippen LogP contribution in [0.15, 0.2) is 60.8 Å². The third-order valence-corrected chi connectivity index (χ3v) is 4.69. The first-order valence-corrected chi connectivity index (χ1v) is 10.3. The molecule has 0 radical (unpaired) electrons. The minimum Gasteiger partial charge on any atom is -0.326 e. The van der Waals surface area contributed by atoms with Crippen LogP contribution in [0.2, 0.25) is 5.02 Å². The molecule has 0 aliphatic carbocycles. The zero-order chi connectivity index (χ0) is 20.8. The molecule has 1 aromatic heterocycles. The molecule has 29 heavy (non-hydrogen) atoms. The van der Waals surface area contributed by atoms with E-state index in [0.29, 0.717) is 10.7 Å². The van der Waals surface area contributed by atoms with Gasteiger partial charge >= 0.3 is 8.25 Å². The van der Waals surface area contributed by atoms with Crippen LogP contribution in [0.5, 0.6) is 0 Å². The Labute approximate surface area is 173 Å². The zero-order valence-electron chi connectivity index (χ0n) is 15.5. The van der Waals surface area contributed by atoms with Crippen LogP contribution in [-0.4, -0.2) is 20.6 Å². The highest BCUT2D eigenvalue weighted by Gasteiger charge is 2.10. The smallest absolute Gasteiger partial charge is 0.316 e. The summed E-state index contributed by atoms with van der Waals surface area (Å²) in [6.07, 6.45) is 4.81. The lowest BCUT2D eigenvalue weighted by Crippen LogP contribution is -2.07. The van der Waals surface area contributed by atoms with Gasteiger partial charge in [0.15, 0.2) is 0 Å². The number of anilines is 1. The van der Waals surface area contributed by atoms with Crippen molar-refractivity contribution in [3.8, 4) is 11.3 Å². The lowest BCUT2D eigenvalue weighted by molar-refractivity contribution is -0.111. The van der Waals surface area contributed by atoms with Crippen LogP contribution in [0, 0.1) is 0 Å². The Bertz CT molecular complexity index is 1060. The second-order valence-electron chi connectivity index (χ2n) is 6.16. The van der Waals surface area contributed by atoms with Crippen molar-refractivity contribution in [2.75, 3.05) is 5.32 Å². The van der Waals surface area contributed by atoms with Gasteiger partial charge in [-0.2, -0.15) is 5.10 Å². The van der Waals surface area contributed by atoms with Gasteiger partial charge in [0.1, 0.15) is 0 Å². The average molecular weight is 432 g/mol. The van der Waals surface area contributed by atoms with Gasteiger partial charge in [0.2, 0.25) is 5.91 Å². The van der Waals surface area contributed by atoms with E-state index in [1.807, 2.05) is 25.2 Å². The largest absolute Gasteiger partial charge is 0.326 e. The van der Waals surface area contributed by atoms with Crippen LogP contribution >= 0.6 is 19.9 Å². The molecule has 0 bridgehead atoms. The lowest BCUT2D eigenvalue weighted by Gasteiger charge is -2.06. The van der Waals surface area contributed by atoms with E-state index in [1.165, 1.54) is 6.08 Å². The number of rotatable bonds is 7. The molecule has 0 saturated heterocycles. The molecule has 2 aromatic carbocycles. The number of carbonyl (C=O) groups is 1. The van der Waals surface area contributed by atoms with Crippen molar-refractivity contribution in [3.63, 3.8) is 0 Å². The van der Waals surface area contributed by atoms with Crippen molar-refractivity contribution < 1.29 is 18.8 Å². The summed E-state index contributed by atoms with van der Waals surface area (Å²) < 4.78 is 17.0. The molecular formula is C20H19ClN3O4P. The van der Waals surface area contributed by atoms with Crippen LogP contribution in [0.4, 0.5) is 5.69 Å². The monoisotopic (exact) mass is 431 g/mol. The molecule has 0 spiro atoms. The van der Waals surface area contributed by atoms with Crippen molar-refractivity contribution in [3.05, 3.63) is 77.0 Å². The quantitative estimate of drug-likeness (QED) is 0.430. The van der Waals surface area contributed by atoms with Crippen LogP contribution in [-0.2, 0) is 27.5 Å². The minimum atomic E-state index is -2.96. The number of nitrogens with one attached hydrogen (secondary N) is 1. The minimum absolute atomic E-state index is 0.0374. The molecular weight excluding hydrogens is 413 g/mol. The zero-order valence-corrected chi connectivity index (χ0v) is 17.3. The van der Waals surface area contributed by atoms with Gasteiger partial charge in [-0.25, -0.2) is 0 Å². The number of nitrogens with zero attached hydrogens (tertiary/aromatic N) is 2. The molecule has 3 rings (SSSR count). The fourth-order valence-electron chi connectivity index (χ4n) is 2.74. The molecule has 2 N–H and O–H groups in total. The molecule has 150 valence electrons. The van der Waals surface area contributed by atoms with E-state index in [2.05, 4.69) is 14.9 Å². The fraction of sp³-hybridized carbons (Fsp3) is 0.100. The van der Waals surface area contributed by atoms with Crippen LogP contribution in [0.1, 0.15) is 11.1 Å². The maximum atomic E-state index is 12.3. The summed E-state index contributed by atoms with van der Waals surface area (Å²) in [6.45, 7) is 0.0374. The van der Waals surface area contributed by atoms with Gasteiger partial charge in [-0.05, 0) is 35.9 Å². The Hall–Kier alpha value is -2.70. The summed E-state index contributed by atoms with van der Waals surface area (Å²) in [4.78, 5) is 20.9. The summed E-state index contributed by atoms with van der Waals surface area (Å²) in [5, 5.41) is 7.65. The van der Waals surface area contributed by atoms with Gasteiger partial charge in [0.05, 0.1) is 18.5 Å². The molecule has 1 unspecified atom stereocenters. The van der Waals surface area contributed by atoms with Gasteiger partial charge in [-0.15, -0.1) is 0 Å². The van der Waals surface area contributed by atoms with Crippen molar-refractivity contribution >= 4 is 37.5 Å². The molecule has 1 heterocycles. The summed E-state index contributed by atoms with van der Waals surface area (Å²) >= 11 is 6.08. The van der Waals surface area contributed by atoms with E-state index >= 15 is 0 Å². The summed E-state index contributed by atoms with van der Waals surface area (Å²) in [7, 11) is -1.14. The van der Waals surface area contributed by atoms with Gasteiger partial charge in [0, 0.05) is 35.0 Å². The molecule has 0 aliphatic rings. The standard InChI is InChI=1S/C20H19ClN3O4P/c1-24-20(15-3-2-4-17(21)11-15)16(12-22-24)7-10-19(25)23-18-8-5-14(6-9-18)13-28-29(26)27/h2-12,29H,13H2,1H3,(H,23,25)(H,26,27). The molecule has 3 aromatic rings. The summed E-state index contributed by atoms with van der Waals surface area (Å²) in [5.41, 5.74) is 3.87. The SMILES string of the molecule is Cn1ncc(C=CC(=O)Nc2ccc(CO[PH](=O)O)cc2)c1-c1cccc(Cl)c1. The number of hydrogen-bond acceptors (Lipinski definition) is 4. The number of aromatic nitrogens is 2. The lowest BCUT2D eigenvalue weighted by atomic mass is 10.1. The highest BCUT2D eigenvalue weighted by atomic mass is 35.5. The van der Waals surface area contributed by atoms with Gasteiger partial charge < -0.3 is 14.7 Å². The van der Waals surface area contributed by atoms with Gasteiger partial charge in [0.25, 0.3) is 0 Å². The fourth-order valence-corrected chi connectivity index (χ4v) is 3.22. The van der Waals surface area contributed by atoms with E-state index in [-0.39, 0.29) is 12.5 Å². The number of aryl methyl sites for hydroxylation is 1. The molecule has 0 aliphatic heterocycles. The van der Waals surface area contributed by atoms with Crippen LogP contribution in [0.25, 0.3) is 17.3 Å². The average Bonchev–Trinajstić information content (AvgIpc) is 3.06. The molecule has 1 atom stereocenters. The predicted octanol–water partition coefficient (Wildman–Crippen LogP) is 4.29. The molecule has 0 fully saturated rings. The van der Waals surface area contributed by atoms with Crippen molar-refractivity contribution in [2.45, 2.75) is 6.61 Å². The maximum Gasteiger partial charge on any atom is 0.316 e. The van der Waals surface area contributed by atoms with Crippen LogP contribution in [0.3, 0.4) is 0 Å². The third-order valence-electron chi connectivity index (χ3n) is 4.06. The molecule has 9 heteroatoms. The second kappa shape index (κ2) is 9.67. The van der Waals surface area contributed by atoms with Crippen molar-refractivity contribution in [1.82, 2.24) is 9.78 Å². The second-order valence-corrected chi connectivity index (χ2v) is 7.41. The highest BCUT2D eigenvalue weighted by molar-refractivity contribution is 7.32. The number of halogens is 1. The Balaban J connectivity index is 1.68. The summed E-state index contributed by atoms with van der Waals surface area (Å²) in [5.74, 6) is -0.296. The van der Waals surface area contributed by atoms with Crippen LogP contribution < -0.4 is 5.32 Å². The van der Waals surface area contributed by atoms with E-state index in [0.717, 1.165) is 22.4 Å². The Morgan fingerprint density at radius 2 is 2.07 bits per heavy atom. The third kappa shape index (κ3) is 5.89. The molecule has 1 amide bonds. The van der Waals surface area contributed by atoms with E-state index < -0.39 is 8.25 Å². The topological polar surface area (TPSA) is 93.5 Å². The Kier molecular flexibility index (Phi) is 7.01. The van der Waals surface area contributed by atoms with E-state index in [1.54, 1.807) is 47.3 Å². The number of hydrogen-bond donors (Lipinski definition) is 2. The summed E-state index contributed by atoms with van der Waals surface area (Å²) in [6, 6.07) is 14.2. The maximum absolute atomic E-state index is 12.3. The predicted molar refractivity (Wildman–Crippen MR) is 114 cm³/mol. The first-order chi connectivity index (χ1) is 13.9. The normalized spacial score (nSPS) is 12.2. The van der Waals surface area contributed by atoms with E-state index in [4.69, 9.17) is 16.5 Å². The van der Waals surface area contributed by atoms with E-state index in [9.17, 15) is 9.36 Å². The number of carbonyl (C=O) groups excluding carboxylic acids is 1. The highest BCUT2D eigenvalue weighted by Crippen LogP contribution is 2.26. The van der Waals surface area contributed by atoms with Crippen molar-refractivity contribution in [1.29, 1.82) is 0 Å². The molecule has 0 saturated carbocycles. The first-order valence-electron chi connectivity index (χ1n) is 8.64.